The highest BCUT2D eigenvalue weighted by Crippen LogP contribution is 2.43. The molecule has 0 aliphatic rings. The van der Waals surface area contributed by atoms with Crippen LogP contribution in [0, 0.1) is 0 Å². The first-order valence-electron chi connectivity index (χ1n) is 12.0. The van der Waals surface area contributed by atoms with Gasteiger partial charge in [-0.25, -0.2) is 9.97 Å². The molecule has 38 heavy (non-hydrogen) atoms. The molecule has 0 aliphatic carbocycles. The largest absolute Gasteiger partial charge is 0.396 e. The number of allylic oxidation sites excluding steroid dienone is 2. The van der Waals surface area contributed by atoms with Gasteiger partial charge in [0, 0.05) is 84.6 Å². The Kier molecular flexibility index (Phi) is 12.6. The Morgan fingerprint density at radius 2 is 1.13 bits per heavy atom. The number of amides is 2. The number of anilines is 2. The monoisotopic (exact) mass is 560 g/mol. The number of nitrogen functional groups attached to an aromatic ring is 2. The van der Waals surface area contributed by atoms with Crippen LogP contribution in [0.15, 0.2) is 57.9 Å². The maximum absolute atomic E-state index is 12.6. The van der Waals surface area contributed by atoms with Crippen LogP contribution in [0.4, 0.5) is 11.6 Å². The van der Waals surface area contributed by atoms with Crippen LogP contribution in [0.5, 0.6) is 0 Å². The van der Waals surface area contributed by atoms with Gasteiger partial charge in [-0.2, -0.15) is 0 Å². The van der Waals surface area contributed by atoms with Gasteiger partial charge in [0.2, 0.25) is 11.8 Å². The molecule has 0 fully saturated rings. The summed E-state index contributed by atoms with van der Waals surface area (Å²) in [6.45, 7) is 6.84. The highest BCUT2D eigenvalue weighted by molar-refractivity contribution is 8.79. The minimum absolute atomic E-state index is 0.112. The molecule has 0 unspecified atom stereocenters. The first-order valence-corrected chi connectivity index (χ1v) is 14.2. The summed E-state index contributed by atoms with van der Waals surface area (Å²) in [5, 5.41) is 19.5. The lowest BCUT2D eigenvalue weighted by Gasteiger charge is -2.26. The van der Waals surface area contributed by atoms with E-state index in [4.69, 9.17) is 11.5 Å². The van der Waals surface area contributed by atoms with E-state index in [1.165, 1.54) is 35.4 Å². The second kappa shape index (κ2) is 15.4. The predicted molar refractivity (Wildman–Crippen MR) is 154 cm³/mol. The molecule has 2 rings (SSSR count). The highest BCUT2D eigenvalue weighted by atomic mass is 33.1. The number of pyridine rings is 2. The molecule has 2 aromatic heterocycles. The molecule has 10 nitrogen and oxygen atoms in total. The van der Waals surface area contributed by atoms with E-state index in [2.05, 4.69) is 9.97 Å². The predicted octanol–water partition coefficient (Wildman–Crippen LogP) is 3.65. The van der Waals surface area contributed by atoms with Gasteiger partial charge in [0.15, 0.2) is 0 Å². The molecule has 6 N–H and O–H groups in total. The summed E-state index contributed by atoms with van der Waals surface area (Å²) in [5.41, 5.74) is 14.8. The first kappa shape index (κ1) is 31.2. The van der Waals surface area contributed by atoms with Crippen molar-refractivity contribution in [1.29, 1.82) is 0 Å². The van der Waals surface area contributed by atoms with Crippen molar-refractivity contribution in [3.8, 4) is 0 Å². The molecule has 0 aliphatic heterocycles. The van der Waals surface area contributed by atoms with E-state index in [9.17, 15) is 19.8 Å². The molecule has 2 aromatic rings. The second-order valence-electron chi connectivity index (χ2n) is 8.44. The average Bonchev–Trinajstić information content (AvgIpc) is 2.88. The van der Waals surface area contributed by atoms with Crippen molar-refractivity contribution in [3.63, 3.8) is 0 Å². The van der Waals surface area contributed by atoms with Gasteiger partial charge in [0.05, 0.1) is 13.1 Å². The van der Waals surface area contributed by atoms with Crippen LogP contribution in [-0.4, -0.2) is 55.0 Å². The van der Waals surface area contributed by atoms with Crippen molar-refractivity contribution < 1.29 is 19.8 Å². The molecular formula is C26H36N6O4S2. The number of nitrogens with two attached hydrogens (primary N) is 2. The van der Waals surface area contributed by atoms with E-state index in [1.807, 2.05) is 26.0 Å². The van der Waals surface area contributed by atoms with Gasteiger partial charge in [-0.05, 0) is 26.0 Å². The zero-order valence-electron chi connectivity index (χ0n) is 22.2. The third kappa shape index (κ3) is 8.76. The number of rotatable bonds is 13. The molecule has 2 heterocycles. The summed E-state index contributed by atoms with van der Waals surface area (Å²) in [6.07, 6.45) is 3.83. The molecule has 12 heteroatoms. The second-order valence-corrected chi connectivity index (χ2v) is 10.8. The lowest BCUT2D eigenvalue weighted by Crippen LogP contribution is -2.28. The van der Waals surface area contributed by atoms with Gasteiger partial charge in [-0.3, -0.25) is 9.59 Å². The quantitative estimate of drug-likeness (QED) is 0.266. The van der Waals surface area contributed by atoms with Crippen LogP contribution in [0.2, 0.25) is 0 Å². The zero-order chi connectivity index (χ0) is 28.2. The standard InChI is InChI=1S/C26H36N6O4S2/c1-17(31(19(3)35)15-21-7-5-11-29-25(21)27)23(9-13-33)37-38-24(10-14-34)18(2)32(20(4)36)16-22-8-6-12-30-26(22)28/h5-8,11-12,33-34H,9-10,13-16H2,1-4H3,(H2,27,29)(H2,28,30)/b23-17-,24-18-. The molecular weight excluding hydrogens is 524 g/mol. The maximum atomic E-state index is 12.6. The Balaban J connectivity index is 2.38. The first-order chi connectivity index (χ1) is 18.1. The van der Waals surface area contributed by atoms with Gasteiger partial charge < -0.3 is 31.5 Å². The van der Waals surface area contributed by atoms with E-state index in [0.717, 1.165) is 9.81 Å². The van der Waals surface area contributed by atoms with Crippen molar-refractivity contribution >= 4 is 45.0 Å². The Hall–Kier alpha value is -3.06. The van der Waals surface area contributed by atoms with E-state index in [-0.39, 0.29) is 38.1 Å². The molecule has 0 bridgehead atoms. The molecule has 206 valence electrons. The molecule has 0 radical (unpaired) electrons. The van der Waals surface area contributed by atoms with Gasteiger partial charge in [0.1, 0.15) is 11.6 Å². The smallest absolute Gasteiger partial charge is 0.223 e. The molecule has 0 saturated heterocycles. The van der Waals surface area contributed by atoms with Crippen molar-refractivity contribution in [2.24, 2.45) is 0 Å². The minimum Gasteiger partial charge on any atom is -0.396 e. The average molecular weight is 561 g/mol. The summed E-state index contributed by atoms with van der Waals surface area (Å²) in [4.78, 5) is 38.1. The van der Waals surface area contributed by atoms with Crippen LogP contribution < -0.4 is 11.5 Å². The molecule has 0 aromatic carbocycles. The SMILES string of the molecule is CC(=O)N(Cc1cccnc1N)/C(C)=C(/CCO)SS/C(CCO)=C(/C)N(Cc1cccnc1N)C(C)=O. The van der Waals surface area contributed by atoms with E-state index in [0.29, 0.717) is 47.0 Å². The topological polar surface area (TPSA) is 159 Å². The summed E-state index contributed by atoms with van der Waals surface area (Å²) >= 11 is 0. The Morgan fingerprint density at radius 1 is 0.763 bits per heavy atom. The van der Waals surface area contributed by atoms with Crippen LogP contribution in [0.3, 0.4) is 0 Å². The maximum Gasteiger partial charge on any atom is 0.223 e. The van der Waals surface area contributed by atoms with Crippen molar-refractivity contribution in [2.45, 2.75) is 53.6 Å². The molecule has 0 atom stereocenters. The highest BCUT2D eigenvalue weighted by Gasteiger charge is 2.21. The fourth-order valence-corrected chi connectivity index (χ4v) is 6.45. The number of nitrogens with zero attached hydrogens (tertiary/aromatic N) is 4. The number of hydrogen-bond acceptors (Lipinski definition) is 10. The number of aliphatic hydroxyl groups excluding tert-OH is 2. The summed E-state index contributed by atoms with van der Waals surface area (Å²) in [7, 11) is 2.76. The van der Waals surface area contributed by atoms with Crippen LogP contribution in [0.25, 0.3) is 0 Å². The van der Waals surface area contributed by atoms with Gasteiger partial charge >= 0.3 is 0 Å². The van der Waals surface area contributed by atoms with E-state index < -0.39 is 0 Å². The summed E-state index contributed by atoms with van der Waals surface area (Å²) in [5.74, 6) is 0.344. The number of carbonyl (C=O) groups is 2. The van der Waals surface area contributed by atoms with Crippen molar-refractivity contribution in [3.05, 3.63) is 69.0 Å². The molecule has 2 amide bonds. The number of carbonyl (C=O) groups excluding carboxylic acids is 2. The number of aromatic nitrogens is 2. The van der Waals surface area contributed by atoms with Crippen molar-refractivity contribution in [2.75, 3.05) is 24.7 Å². The van der Waals surface area contributed by atoms with Gasteiger partial charge in [-0.1, -0.05) is 33.7 Å². The van der Waals surface area contributed by atoms with Crippen LogP contribution >= 0.6 is 21.6 Å². The normalized spacial score (nSPS) is 12.5. The fourth-order valence-electron chi connectivity index (χ4n) is 3.61. The van der Waals surface area contributed by atoms with E-state index >= 15 is 0 Å². The van der Waals surface area contributed by atoms with E-state index in [1.54, 1.807) is 34.3 Å². The fraction of sp³-hybridized carbons (Fsp3) is 0.385. The number of aliphatic hydroxyl groups is 2. The molecule has 0 spiro atoms. The summed E-state index contributed by atoms with van der Waals surface area (Å²) < 4.78 is 0. The summed E-state index contributed by atoms with van der Waals surface area (Å²) in [6, 6.07) is 7.15. The minimum atomic E-state index is -0.175. The Morgan fingerprint density at radius 3 is 1.42 bits per heavy atom. The lowest BCUT2D eigenvalue weighted by molar-refractivity contribution is -0.128. The Labute approximate surface area is 231 Å². The van der Waals surface area contributed by atoms with Crippen LogP contribution in [-0.2, 0) is 22.7 Å². The molecule has 0 saturated carbocycles. The van der Waals surface area contributed by atoms with Crippen LogP contribution in [0.1, 0.15) is 51.7 Å². The Bertz CT molecular complexity index is 1100. The third-order valence-corrected chi connectivity index (χ3v) is 8.75. The van der Waals surface area contributed by atoms with Gasteiger partial charge in [-0.15, -0.1) is 0 Å². The number of hydrogen-bond donors (Lipinski definition) is 4. The van der Waals surface area contributed by atoms with Gasteiger partial charge in [0.25, 0.3) is 0 Å². The zero-order valence-corrected chi connectivity index (χ0v) is 23.8. The van der Waals surface area contributed by atoms with Crippen molar-refractivity contribution in [1.82, 2.24) is 19.8 Å². The third-order valence-electron chi connectivity index (χ3n) is 5.81. The lowest BCUT2D eigenvalue weighted by atomic mass is 10.2.